The lowest BCUT2D eigenvalue weighted by molar-refractivity contribution is -0.118. The first-order valence-electron chi connectivity index (χ1n) is 9.20. The molecule has 1 amide bonds. The zero-order valence-electron chi connectivity index (χ0n) is 16.8. The highest BCUT2D eigenvalue weighted by Crippen LogP contribution is 2.18. The first kappa shape index (κ1) is 21.3. The number of para-hydroxylation sites is 1. The number of carbonyl (C=O) groups excluding carboxylic acids is 1. The molecule has 3 aromatic rings. The maximum Gasteiger partial charge on any atom is 0.262 e. The Morgan fingerprint density at radius 3 is 2.70 bits per heavy atom. The summed E-state index contributed by atoms with van der Waals surface area (Å²) >= 11 is 1.19. The van der Waals surface area contributed by atoms with Crippen molar-refractivity contribution in [3.63, 3.8) is 0 Å². The number of thioether (sulfide) groups is 1. The topological polar surface area (TPSA) is 85.6 Å². The van der Waals surface area contributed by atoms with E-state index in [2.05, 4.69) is 22.1 Å². The molecule has 0 unspecified atom stereocenters. The summed E-state index contributed by atoms with van der Waals surface area (Å²) in [5.74, 6) is 0.520. The second-order valence-electron chi connectivity index (χ2n) is 6.61. The Morgan fingerprint density at radius 1 is 1.27 bits per heavy atom. The molecule has 7 nitrogen and oxygen atoms in total. The largest absolute Gasteiger partial charge is 0.497 e. The number of aromatic nitrogens is 2. The van der Waals surface area contributed by atoms with Crippen LogP contribution in [-0.2, 0) is 11.3 Å². The Balaban J connectivity index is 1.69. The highest BCUT2D eigenvalue weighted by Gasteiger charge is 2.13. The van der Waals surface area contributed by atoms with Gasteiger partial charge in [0.25, 0.3) is 11.5 Å². The van der Waals surface area contributed by atoms with Crippen LogP contribution in [0, 0.1) is 0 Å². The van der Waals surface area contributed by atoms with Crippen LogP contribution in [0.15, 0.2) is 75.7 Å². The van der Waals surface area contributed by atoms with E-state index in [-0.39, 0.29) is 17.2 Å². The molecule has 0 bridgehead atoms. The molecule has 1 aromatic heterocycles. The third-order valence-corrected chi connectivity index (χ3v) is 5.08. The van der Waals surface area contributed by atoms with Crippen LogP contribution in [0.3, 0.4) is 0 Å². The zero-order valence-corrected chi connectivity index (χ0v) is 17.6. The molecule has 0 aliphatic rings. The number of carbonyl (C=O) groups is 1. The summed E-state index contributed by atoms with van der Waals surface area (Å²) < 4.78 is 6.65. The molecule has 0 saturated heterocycles. The van der Waals surface area contributed by atoms with Crippen LogP contribution in [-0.4, -0.2) is 34.5 Å². The van der Waals surface area contributed by atoms with Crippen molar-refractivity contribution in [3.05, 3.63) is 76.6 Å². The van der Waals surface area contributed by atoms with E-state index in [1.54, 1.807) is 36.1 Å². The van der Waals surface area contributed by atoms with Crippen molar-refractivity contribution in [3.8, 4) is 5.75 Å². The molecule has 30 heavy (non-hydrogen) atoms. The van der Waals surface area contributed by atoms with Gasteiger partial charge < -0.3 is 4.74 Å². The summed E-state index contributed by atoms with van der Waals surface area (Å²) in [6, 6.07) is 14.4. The molecule has 0 saturated carbocycles. The highest BCUT2D eigenvalue weighted by atomic mass is 32.2. The normalized spacial score (nSPS) is 11.0. The van der Waals surface area contributed by atoms with Crippen molar-refractivity contribution in [2.45, 2.75) is 18.6 Å². The number of fused-ring (bicyclic) bond motifs is 1. The first-order chi connectivity index (χ1) is 14.5. The number of nitrogens with zero attached hydrogens (tertiary/aromatic N) is 3. The minimum Gasteiger partial charge on any atom is -0.497 e. The Bertz CT molecular complexity index is 1150. The monoisotopic (exact) mass is 422 g/mol. The van der Waals surface area contributed by atoms with Crippen molar-refractivity contribution in [2.75, 3.05) is 12.9 Å². The number of benzene rings is 2. The molecule has 3 rings (SSSR count). The summed E-state index contributed by atoms with van der Waals surface area (Å²) in [7, 11) is 1.60. The van der Waals surface area contributed by atoms with E-state index >= 15 is 0 Å². The Labute approximate surface area is 178 Å². The number of hydrazone groups is 1. The molecule has 2 aromatic carbocycles. The van der Waals surface area contributed by atoms with Crippen molar-refractivity contribution in [2.24, 2.45) is 5.10 Å². The third kappa shape index (κ3) is 5.36. The van der Waals surface area contributed by atoms with Gasteiger partial charge in [0.05, 0.1) is 30.0 Å². The van der Waals surface area contributed by atoms with Gasteiger partial charge in [0.1, 0.15) is 5.75 Å². The number of rotatable bonds is 8. The minimum absolute atomic E-state index is 0.0704. The van der Waals surface area contributed by atoms with Gasteiger partial charge in [-0.15, -0.1) is 0 Å². The molecule has 0 atom stereocenters. The van der Waals surface area contributed by atoms with Crippen LogP contribution in [0.5, 0.6) is 5.75 Å². The van der Waals surface area contributed by atoms with Crippen molar-refractivity contribution in [1.29, 1.82) is 0 Å². The molecular weight excluding hydrogens is 400 g/mol. The van der Waals surface area contributed by atoms with E-state index in [1.165, 1.54) is 11.8 Å². The highest BCUT2D eigenvalue weighted by molar-refractivity contribution is 7.99. The lowest BCUT2D eigenvalue weighted by atomic mass is 10.2. The molecule has 0 radical (unpaired) electrons. The van der Waals surface area contributed by atoms with Gasteiger partial charge in [-0.1, -0.05) is 36.0 Å². The first-order valence-corrected chi connectivity index (χ1v) is 10.2. The van der Waals surface area contributed by atoms with E-state index in [4.69, 9.17) is 4.74 Å². The molecule has 0 spiro atoms. The maximum atomic E-state index is 12.8. The second-order valence-corrected chi connectivity index (χ2v) is 7.56. The van der Waals surface area contributed by atoms with Gasteiger partial charge in [0.15, 0.2) is 5.16 Å². The predicted octanol–water partition coefficient (Wildman–Crippen LogP) is 3.22. The number of allylic oxidation sites excluding steroid dienone is 1. The van der Waals surface area contributed by atoms with E-state index < -0.39 is 0 Å². The quantitative estimate of drug-likeness (QED) is 0.198. The molecular formula is C22H22N4O3S. The van der Waals surface area contributed by atoms with Crippen molar-refractivity contribution in [1.82, 2.24) is 15.0 Å². The standard InChI is InChI=1S/C22H22N4O3S/c1-15(2)13-26-21(28)18-6-4-5-7-19(18)24-22(26)30-14-20(27)25-23-12-16-8-10-17(29-3)11-9-16/h4-12H,1,13-14H2,2-3H3,(H,25,27). The van der Waals surface area contributed by atoms with Gasteiger partial charge in [-0.3, -0.25) is 14.2 Å². The summed E-state index contributed by atoms with van der Waals surface area (Å²) in [6.45, 7) is 6.07. The van der Waals surface area contributed by atoms with E-state index in [0.29, 0.717) is 22.6 Å². The van der Waals surface area contributed by atoms with Crippen LogP contribution < -0.4 is 15.7 Å². The summed E-state index contributed by atoms with van der Waals surface area (Å²) in [6.07, 6.45) is 1.55. The molecule has 154 valence electrons. The number of methoxy groups -OCH3 is 1. The smallest absolute Gasteiger partial charge is 0.262 e. The lowest BCUT2D eigenvalue weighted by Crippen LogP contribution is -2.25. The fourth-order valence-corrected chi connectivity index (χ4v) is 3.49. The fourth-order valence-electron chi connectivity index (χ4n) is 2.70. The number of nitrogens with one attached hydrogen (secondary N) is 1. The molecule has 0 fully saturated rings. The summed E-state index contributed by atoms with van der Waals surface area (Å²) in [5, 5.41) is 4.97. The van der Waals surface area contributed by atoms with Crippen LogP contribution in [0.4, 0.5) is 0 Å². The predicted molar refractivity (Wildman–Crippen MR) is 120 cm³/mol. The maximum absolute atomic E-state index is 12.8. The van der Waals surface area contributed by atoms with Gasteiger partial charge in [-0.2, -0.15) is 5.10 Å². The number of hydrogen-bond acceptors (Lipinski definition) is 6. The van der Waals surface area contributed by atoms with Crippen molar-refractivity contribution >= 4 is 34.8 Å². The lowest BCUT2D eigenvalue weighted by Gasteiger charge is -2.12. The van der Waals surface area contributed by atoms with E-state index in [0.717, 1.165) is 16.9 Å². The molecule has 8 heteroatoms. The van der Waals surface area contributed by atoms with Crippen LogP contribution >= 0.6 is 11.8 Å². The fraction of sp³-hybridized carbons (Fsp3) is 0.182. The Kier molecular flexibility index (Phi) is 7.03. The number of ether oxygens (including phenoxy) is 1. The van der Waals surface area contributed by atoms with Gasteiger partial charge in [-0.05, 0) is 48.9 Å². The third-order valence-electron chi connectivity index (χ3n) is 4.11. The second kappa shape index (κ2) is 9.89. The average molecular weight is 423 g/mol. The Hall–Kier alpha value is -3.39. The Morgan fingerprint density at radius 2 is 2.00 bits per heavy atom. The van der Waals surface area contributed by atoms with Gasteiger partial charge >= 0.3 is 0 Å². The van der Waals surface area contributed by atoms with Crippen LogP contribution in [0.25, 0.3) is 10.9 Å². The van der Waals surface area contributed by atoms with Gasteiger partial charge in [-0.25, -0.2) is 10.4 Å². The van der Waals surface area contributed by atoms with Crippen LogP contribution in [0.1, 0.15) is 12.5 Å². The molecule has 0 aliphatic heterocycles. The van der Waals surface area contributed by atoms with E-state index in [9.17, 15) is 9.59 Å². The van der Waals surface area contributed by atoms with Gasteiger partial charge in [0.2, 0.25) is 0 Å². The zero-order chi connectivity index (χ0) is 21.5. The number of hydrogen-bond donors (Lipinski definition) is 1. The average Bonchev–Trinajstić information content (AvgIpc) is 2.75. The number of amides is 1. The SMILES string of the molecule is C=C(C)Cn1c(SCC(=O)NN=Cc2ccc(OC)cc2)nc2ccccc2c1=O. The summed E-state index contributed by atoms with van der Waals surface area (Å²) in [5.41, 5.74) is 4.59. The van der Waals surface area contributed by atoms with Crippen molar-refractivity contribution < 1.29 is 9.53 Å². The van der Waals surface area contributed by atoms with Gasteiger partial charge in [0, 0.05) is 6.54 Å². The van der Waals surface area contributed by atoms with E-state index in [1.807, 2.05) is 37.3 Å². The molecule has 0 aliphatic carbocycles. The minimum atomic E-state index is -0.297. The summed E-state index contributed by atoms with van der Waals surface area (Å²) in [4.78, 5) is 29.6. The van der Waals surface area contributed by atoms with Crippen LogP contribution in [0.2, 0.25) is 0 Å². The molecule has 1 N–H and O–H groups in total. The molecule has 1 heterocycles.